The molecule has 0 atom stereocenters. The zero-order chi connectivity index (χ0) is 21.2. The average molecular weight is 436 g/mol. The molecule has 0 aromatic rings. The van der Waals surface area contributed by atoms with Gasteiger partial charge in [-0.25, -0.2) is 16.8 Å². The predicted molar refractivity (Wildman–Crippen MR) is 84.1 cm³/mol. The summed E-state index contributed by atoms with van der Waals surface area (Å²) >= 11 is 0. The minimum absolute atomic E-state index is 0.107. The molecule has 0 saturated carbocycles. The normalized spacial score (nSPS) is 15.3. The fourth-order valence-electron chi connectivity index (χ4n) is 2.78. The Morgan fingerprint density at radius 3 is 1.31 bits per heavy atom. The van der Waals surface area contributed by atoms with E-state index in [-0.39, 0.29) is 6.42 Å². The predicted octanol–water partition coefficient (Wildman–Crippen LogP) is 3.58. The summed E-state index contributed by atoms with van der Waals surface area (Å²) in [4.78, 5) is 0. The molecule has 0 bridgehead atoms. The second-order valence-electron chi connectivity index (χ2n) is 6.79. The summed E-state index contributed by atoms with van der Waals surface area (Å²) in [6.45, 7) is 1.82. The summed E-state index contributed by atoms with van der Waals surface area (Å²) in [5.41, 5.74) is -12.3. The van der Waals surface area contributed by atoms with Crippen LogP contribution in [-0.4, -0.2) is 57.7 Å². The SMILES string of the molecule is CCCCCCCC([N+](C)(C)C)(S(=O)(=O)C(F)(F)F)S(=O)(=O)C(F)(F)F. The molecule has 0 aliphatic rings. The number of quaternary nitrogens is 1. The fourth-order valence-corrected chi connectivity index (χ4v) is 7.50. The fraction of sp³-hybridized carbons (Fsp3) is 1.00. The largest absolute Gasteiger partial charge is 0.504 e. The van der Waals surface area contributed by atoms with Gasteiger partial charge in [-0.15, -0.1) is 0 Å². The van der Waals surface area contributed by atoms with Crippen molar-refractivity contribution in [3.63, 3.8) is 0 Å². The maximum absolute atomic E-state index is 13.2. The summed E-state index contributed by atoms with van der Waals surface area (Å²) in [7, 11) is -11.4. The van der Waals surface area contributed by atoms with Gasteiger partial charge in [-0.2, -0.15) is 26.3 Å². The highest BCUT2D eigenvalue weighted by Gasteiger charge is 2.79. The van der Waals surface area contributed by atoms with Gasteiger partial charge in [0.05, 0.1) is 21.1 Å². The molecule has 5 nitrogen and oxygen atoms in total. The van der Waals surface area contributed by atoms with Crippen molar-refractivity contribution in [3.05, 3.63) is 0 Å². The Morgan fingerprint density at radius 2 is 1.04 bits per heavy atom. The van der Waals surface area contributed by atoms with Crippen LogP contribution in [0.2, 0.25) is 0 Å². The minimum atomic E-state index is -6.73. The number of alkyl halides is 6. The van der Waals surface area contributed by atoms with Crippen LogP contribution in [0.4, 0.5) is 26.3 Å². The van der Waals surface area contributed by atoms with Crippen LogP contribution in [0.1, 0.15) is 45.4 Å². The Hall–Kier alpha value is -0.560. The van der Waals surface area contributed by atoms with Crippen molar-refractivity contribution in [2.24, 2.45) is 0 Å². The molecule has 0 unspecified atom stereocenters. The van der Waals surface area contributed by atoms with Gasteiger partial charge in [-0.1, -0.05) is 32.6 Å². The molecule has 0 spiro atoms. The van der Waals surface area contributed by atoms with Crippen LogP contribution in [0.15, 0.2) is 0 Å². The van der Waals surface area contributed by atoms with Crippen molar-refractivity contribution in [2.75, 3.05) is 21.1 Å². The van der Waals surface area contributed by atoms with Crippen molar-refractivity contribution >= 4 is 19.7 Å². The smallest absolute Gasteiger partial charge is 0.300 e. The van der Waals surface area contributed by atoms with Gasteiger partial charge in [0.1, 0.15) is 0 Å². The van der Waals surface area contributed by atoms with E-state index in [0.717, 1.165) is 6.42 Å². The molecule has 0 amide bonds. The molecule has 0 aromatic carbocycles. The molecule has 0 N–H and O–H groups in total. The Bertz CT molecular complexity index is 631. The molecule has 13 heteroatoms. The topological polar surface area (TPSA) is 68.3 Å². The Kier molecular flexibility index (Phi) is 7.65. The summed E-state index contributed by atoms with van der Waals surface area (Å²) in [6, 6.07) is 0. The van der Waals surface area contributed by atoms with Crippen molar-refractivity contribution in [1.29, 1.82) is 0 Å². The number of hydrogen-bond acceptors (Lipinski definition) is 4. The zero-order valence-corrected chi connectivity index (χ0v) is 16.5. The van der Waals surface area contributed by atoms with Crippen LogP contribution in [0.25, 0.3) is 0 Å². The van der Waals surface area contributed by atoms with E-state index < -0.39 is 52.2 Å². The highest BCUT2D eigenvalue weighted by Crippen LogP contribution is 2.49. The van der Waals surface area contributed by atoms with Gasteiger partial charge < -0.3 is 0 Å². The maximum Gasteiger partial charge on any atom is 0.504 e. The first-order valence-electron chi connectivity index (χ1n) is 7.74. The highest BCUT2D eigenvalue weighted by molar-refractivity contribution is 8.10. The van der Waals surface area contributed by atoms with Crippen molar-refractivity contribution in [1.82, 2.24) is 0 Å². The van der Waals surface area contributed by atoms with Crippen LogP contribution in [-0.2, 0) is 19.7 Å². The third-order valence-corrected chi connectivity index (χ3v) is 9.79. The number of rotatable bonds is 9. The van der Waals surface area contributed by atoms with E-state index in [2.05, 4.69) is 0 Å². The molecule has 26 heavy (non-hydrogen) atoms. The van der Waals surface area contributed by atoms with E-state index in [1.165, 1.54) is 0 Å². The molecule has 0 heterocycles. The van der Waals surface area contributed by atoms with Crippen molar-refractivity contribution < 1.29 is 47.7 Å². The van der Waals surface area contributed by atoms with Crippen molar-refractivity contribution in [2.45, 2.75) is 60.7 Å². The highest BCUT2D eigenvalue weighted by atomic mass is 32.3. The van der Waals surface area contributed by atoms with Gasteiger partial charge in [0, 0.05) is 6.42 Å². The average Bonchev–Trinajstić information content (AvgIpc) is 2.38. The Morgan fingerprint density at radius 1 is 0.692 bits per heavy atom. The summed E-state index contributed by atoms with van der Waals surface area (Å²) in [6.07, 6.45) is 0.166. The van der Waals surface area contributed by atoms with E-state index >= 15 is 0 Å². The van der Waals surface area contributed by atoms with Crippen LogP contribution in [0.5, 0.6) is 0 Å². The van der Waals surface area contributed by atoms with Crippen LogP contribution in [0, 0.1) is 0 Å². The monoisotopic (exact) mass is 436 g/mol. The summed E-state index contributed by atoms with van der Waals surface area (Å²) < 4.78 is 122. The molecule has 0 rings (SSSR count). The van der Waals surface area contributed by atoms with Gasteiger partial charge in [0.2, 0.25) is 0 Å². The lowest BCUT2D eigenvalue weighted by molar-refractivity contribution is -0.893. The number of nitrogens with zero attached hydrogens (tertiary/aromatic N) is 1. The molecule has 0 saturated heterocycles. The second-order valence-corrected chi connectivity index (χ2v) is 11.3. The van der Waals surface area contributed by atoms with E-state index in [4.69, 9.17) is 0 Å². The lowest BCUT2D eigenvalue weighted by Gasteiger charge is -2.44. The first-order chi connectivity index (χ1) is 11.3. The number of sulfone groups is 2. The number of halogens is 6. The molecular weight excluding hydrogens is 412 g/mol. The van der Waals surface area contributed by atoms with Gasteiger partial charge in [-0.3, -0.25) is 4.48 Å². The zero-order valence-electron chi connectivity index (χ0n) is 14.9. The van der Waals surface area contributed by atoms with E-state index in [1.807, 2.05) is 6.92 Å². The standard InChI is InChI=1S/C13H24F6NO4S2/c1-5-6-7-8-9-10-11(20(2,3)4,25(21,22)12(14,15)16)26(23,24)13(17,18)19/h5-10H2,1-4H3/q+1. The van der Waals surface area contributed by atoms with Gasteiger partial charge in [-0.05, 0) is 6.42 Å². The van der Waals surface area contributed by atoms with E-state index in [0.29, 0.717) is 34.0 Å². The molecule has 0 aliphatic heterocycles. The third kappa shape index (κ3) is 4.29. The van der Waals surface area contributed by atoms with E-state index in [9.17, 15) is 43.2 Å². The van der Waals surface area contributed by atoms with Crippen LogP contribution < -0.4 is 0 Å². The van der Waals surface area contributed by atoms with E-state index in [1.54, 1.807) is 0 Å². The summed E-state index contributed by atoms with van der Waals surface area (Å²) in [5, 5.41) is 0. The lowest BCUT2D eigenvalue weighted by atomic mass is 10.1. The molecule has 0 radical (unpaired) electrons. The third-order valence-electron chi connectivity index (χ3n) is 4.07. The lowest BCUT2D eigenvalue weighted by Crippen LogP contribution is -2.70. The molecular formula is C13H24F6NO4S2+. The first-order valence-corrected chi connectivity index (χ1v) is 10.7. The first kappa shape index (κ1) is 25.4. The number of hydrogen-bond donors (Lipinski definition) is 0. The van der Waals surface area contributed by atoms with Gasteiger partial charge in [0.15, 0.2) is 0 Å². The van der Waals surface area contributed by atoms with Gasteiger partial charge >= 0.3 is 34.9 Å². The second kappa shape index (κ2) is 7.82. The quantitative estimate of drug-likeness (QED) is 0.315. The molecule has 158 valence electrons. The number of unbranched alkanes of at least 4 members (excludes halogenated alkanes) is 4. The van der Waals surface area contributed by atoms with Crippen molar-refractivity contribution in [3.8, 4) is 0 Å². The molecule has 0 aliphatic carbocycles. The van der Waals surface area contributed by atoms with Crippen LogP contribution in [0.3, 0.4) is 0 Å². The maximum atomic E-state index is 13.2. The molecule has 0 fully saturated rings. The Labute approximate surface area is 149 Å². The van der Waals surface area contributed by atoms with Gasteiger partial charge in [0.25, 0.3) is 0 Å². The molecule has 0 aromatic heterocycles. The Balaban J connectivity index is 6.65. The van der Waals surface area contributed by atoms with Crippen LogP contribution >= 0.6 is 0 Å². The minimum Gasteiger partial charge on any atom is -0.300 e. The summed E-state index contributed by atoms with van der Waals surface area (Å²) in [5.74, 6) is 0.